The van der Waals surface area contributed by atoms with Crippen molar-refractivity contribution in [3.05, 3.63) is 60.1 Å². The minimum absolute atomic E-state index is 0.0789. The van der Waals surface area contributed by atoms with Crippen LogP contribution in [0.1, 0.15) is 31.2 Å². The van der Waals surface area contributed by atoms with Crippen LogP contribution in [-0.4, -0.2) is 11.7 Å². The summed E-state index contributed by atoms with van der Waals surface area (Å²) in [5, 5.41) is 13.7. The van der Waals surface area contributed by atoms with Gasteiger partial charge in [0.1, 0.15) is 5.76 Å². The van der Waals surface area contributed by atoms with E-state index in [-0.39, 0.29) is 6.04 Å². The molecule has 0 aliphatic rings. The van der Waals surface area contributed by atoms with Gasteiger partial charge in [-0.1, -0.05) is 30.3 Å². The summed E-state index contributed by atoms with van der Waals surface area (Å²) < 4.78 is 5.32. The van der Waals surface area contributed by atoms with Crippen LogP contribution >= 0.6 is 0 Å². The van der Waals surface area contributed by atoms with Gasteiger partial charge in [0.05, 0.1) is 17.9 Å². The molecule has 3 heteroatoms. The van der Waals surface area contributed by atoms with Crippen molar-refractivity contribution in [3.63, 3.8) is 0 Å². The Balaban J connectivity index is 1.97. The quantitative estimate of drug-likeness (QED) is 0.851. The highest BCUT2D eigenvalue weighted by atomic mass is 16.3. The van der Waals surface area contributed by atoms with Gasteiger partial charge in [0.25, 0.3) is 0 Å². The molecule has 2 aromatic rings. The van der Waals surface area contributed by atoms with Gasteiger partial charge < -0.3 is 14.8 Å². The second-order valence-corrected chi connectivity index (χ2v) is 4.76. The lowest BCUT2D eigenvalue weighted by atomic mass is 9.96. The molecular weight excluding hydrogens is 226 g/mol. The van der Waals surface area contributed by atoms with Gasteiger partial charge in [-0.2, -0.15) is 0 Å². The molecule has 1 aromatic carbocycles. The van der Waals surface area contributed by atoms with E-state index in [4.69, 9.17) is 4.42 Å². The van der Waals surface area contributed by atoms with Crippen LogP contribution in [0.5, 0.6) is 0 Å². The first kappa shape index (κ1) is 12.9. The number of furan rings is 1. The molecule has 0 aliphatic heterocycles. The number of hydrogen-bond donors (Lipinski definition) is 2. The maximum Gasteiger partial charge on any atom is 0.120 e. The van der Waals surface area contributed by atoms with E-state index in [2.05, 4.69) is 5.32 Å². The highest BCUT2D eigenvalue weighted by Crippen LogP contribution is 2.21. The highest BCUT2D eigenvalue weighted by Gasteiger charge is 2.23. The molecule has 1 unspecified atom stereocenters. The van der Waals surface area contributed by atoms with Gasteiger partial charge in [0.15, 0.2) is 0 Å². The van der Waals surface area contributed by atoms with Crippen molar-refractivity contribution in [2.24, 2.45) is 0 Å². The Hall–Kier alpha value is -1.58. The molecule has 0 radical (unpaired) electrons. The van der Waals surface area contributed by atoms with Gasteiger partial charge in [-0.05, 0) is 31.5 Å². The van der Waals surface area contributed by atoms with Gasteiger partial charge in [0.2, 0.25) is 0 Å². The maximum absolute atomic E-state index is 10.4. The first-order chi connectivity index (χ1) is 8.59. The molecule has 18 heavy (non-hydrogen) atoms. The summed E-state index contributed by atoms with van der Waals surface area (Å²) in [7, 11) is 0. The van der Waals surface area contributed by atoms with Crippen LogP contribution in [0.2, 0.25) is 0 Å². The zero-order chi connectivity index (χ0) is 13.0. The van der Waals surface area contributed by atoms with Crippen LogP contribution in [0.15, 0.2) is 53.1 Å². The van der Waals surface area contributed by atoms with Crippen LogP contribution in [0, 0.1) is 0 Å². The SMILES string of the molecule is C[C@H](NCC(C)(O)c1ccccc1)c1ccco1. The van der Waals surface area contributed by atoms with E-state index in [9.17, 15) is 5.11 Å². The van der Waals surface area contributed by atoms with Gasteiger partial charge in [-0.15, -0.1) is 0 Å². The van der Waals surface area contributed by atoms with Crippen molar-refractivity contribution < 1.29 is 9.52 Å². The maximum atomic E-state index is 10.4. The summed E-state index contributed by atoms with van der Waals surface area (Å²) in [4.78, 5) is 0. The first-order valence-electron chi connectivity index (χ1n) is 6.14. The fourth-order valence-corrected chi connectivity index (χ4v) is 1.89. The van der Waals surface area contributed by atoms with E-state index in [1.54, 1.807) is 6.26 Å². The minimum Gasteiger partial charge on any atom is -0.468 e. The molecule has 1 aromatic heterocycles. The number of aliphatic hydroxyl groups is 1. The fourth-order valence-electron chi connectivity index (χ4n) is 1.89. The number of benzene rings is 1. The Morgan fingerprint density at radius 1 is 1.22 bits per heavy atom. The summed E-state index contributed by atoms with van der Waals surface area (Å²) >= 11 is 0. The summed E-state index contributed by atoms with van der Waals surface area (Å²) in [6, 6.07) is 13.5. The summed E-state index contributed by atoms with van der Waals surface area (Å²) in [6.07, 6.45) is 1.66. The molecular formula is C15H19NO2. The zero-order valence-corrected chi connectivity index (χ0v) is 10.8. The molecule has 0 amide bonds. The number of rotatable bonds is 5. The summed E-state index contributed by atoms with van der Waals surface area (Å²) in [5.41, 5.74) is 0.0198. The molecule has 2 atom stereocenters. The van der Waals surface area contributed by atoms with E-state index in [1.807, 2.05) is 56.3 Å². The Labute approximate surface area is 107 Å². The van der Waals surface area contributed by atoms with Crippen LogP contribution in [0.25, 0.3) is 0 Å². The smallest absolute Gasteiger partial charge is 0.120 e. The van der Waals surface area contributed by atoms with E-state index >= 15 is 0 Å². The van der Waals surface area contributed by atoms with Crippen molar-refractivity contribution >= 4 is 0 Å². The van der Waals surface area contributed by atoms with Crippen molar-refractivity contribution in [1.82, 2.24) is 5.32 Å². The summed E-state index contributed by atoms with van der Waals surface area (Å²) in [5.74, 6) is 0.874. The average molecular weight is 245 g/mol. The number of nitrogens with one attached hydrogen (secondary N) is 1. The molecule has 0 fully saturated rings. The molecule has 1 heterocycles. The van der Waals surface area contributed by atoms with Crippen molar-refractivity contribution in [1.29, 1.82) is 0 Å². The van der Waals surface area contributed by atoms with Gasteiger partial charge in [-0.25, -0.2) is 0 Å². The molecule has 0 saturated carbocycles. The van der Waals surface area contributed by atoms with Crippen molar-refractivity contribution in [3.8, 4) is 0 Å². The second kappa shape index (κ2) is 5.38. The molecule has 96 valence electrons. The Morgan fingerprint density at radius 2 is 1.94 bits per heavy atom. The Kier molecular flexibility index (Phi) is 3.84. The van der Waals surface area contributed by atoms with E-state index in [0.717, 1.165) is 11.3 Å². The van der Waals surface area contributed by atoms with Crippen molar-refractivity contribution in [2.75, 3.05) is 6.54 Å². The third-order valence-corrected chi connectivity index (χ3v) is 3.12. The molecule has 0 saturated heterocycles. The van der Waals surface area contributed by atoms with E-state index in [0.29, 0.717) is 6.54 Å². The summed E-state index contributed by atoms with van der Waals surface area (Å²) in [6.45, 7) is 4.29. The topological polar surface area (TPSA) is 45.4 Å². The average Bonchev–Trinajstić information content (AvgIpc) is 2.91. The molecule has 3 nitrogen and oxygen atoms in total. The second-order valence-electron chi connectivity index (χ2n) is 4.76. The van der Waals surface area contributed by atoms with E-state index in [1.165, 1.54) is 0 Å². The standard InChI is InChI=1S/C15H19NO2/c1-12(14-9-6-10-18-14)16-11-15(2,17)13-7-4-3-5-8-13/h3-10,12,16-17H,11H2,1-2H3/t12-,15?/m0/s1. The highest BCUT2D eigenvalue weighted by molar-refractivity contribution is 5.21. The van der Waals surface area contributed by atoms with Crippen LogP contribution in [0.3, 0.4) is 0 Å². The predicted octanol–water partition coefficient (Wildman–Crippen LogP) is 2.84. The molecule has 0 aliphatic carbocycles. The molecule has 2 N–H and O–H groups in total. The molecule has 0 bridgehead atoms. The normalized spacial score (nSPS) is 16.2. The Morgan fingerprint density at radius 3 is 2.56 bits per heavy atom. The first-order valence-corrected chi connectivity index (χ1v) is 6.14. The zero-order valence-electron chi connectivity index (χ0n) is 10.8. The lowest BCUT2D eigenvalue weighted by molar-refractivity contribution is 0.0536. The van der Waals surface area contributed by atoms with E-state index < -0.39 is 5.60 Å². The van der Waals surface area contributed by atoms with Crippen LogP contribution < -0.4 is 5.32 Å². The minimum atomic E-state index is -0.887. The van der Waals surface area contributed by atoms with Crippen LogP contribution in [-0.2, 0) is 5.60 Å². The third-order valence-electron chi connectivity index (χ3n) is 3.12. The van der Waals surface area contributed by atoms with Gasteiger partial charge in [-0.3, -0.25) is 0 Å². The largest absolute Gasteiger partial charge is 0.468 e. The van der Waals surface area contributed by atoms with Crippen molar-refractivity contribution in [2.45, 2.75) is 25.5 Å². The molecule has 0 spiro atoms. The fraction of sp³-hybridized carbons (Fsp3) is 0.333. The monoisotopic (exact) mass is 245 g/mol. The lowest BCUT2D eigenvalue weighted by Crippen LogP contribution is -2.36. The number of hydrogen-bond acceptors (Lipinski definition) is 3. The molecule has 2 rings (SSSR count). The predicted molar refractivity (Wildman–Crippen MR) is 71.1 cm³/mol. The lowest BCUT2D eigenvalue weighted by Gasteiger charge is -2.26. The van der Waals surface area contributed by atoms with Gasteiger partial charge in [0, 0.05) is 6.54 Å². The van der Waals surface area contributed by atoms with Crippen LogP contribution in [0.4, 0.5) is 0 Å². The third kappa shape index (κ3) is 3.00. The Bertz CT molecular complexity index is 463. The van der Waals surface area contributed by atoms with Gasteiger partial charge >= 0.3 is 0 Å².